The lowest BCUT2D eigenvalue weighted by Gasteiger charge is -2.21. The third-order valence-corrected chi connectivity index (χ3v) is 4.48. The van der Waals surface area contributed by atoms with E-state index in [0.717, 1.165) is 0 Å². The molecule has 0 radical (unpaired) electrons. The summed E-state index contributed by atoms with van der Waals surface area (Å²) < 4.78 is 10.4. The molecule has 0 bridgehead atoms. The van der Waals surface area contributed by atoms with Crippen molar-refractivity contribution in [3.8, 4) is 0 Å². The van der Waals surface area contributed by atoms with E-state index in [4.69, 9.17) is 9.26 Å². The van der Waals surface area contributed by atoms with Gasteiger partial charge in [0.05, 0.1) is 0 Å². The van der Waals surface area contributed by atoms with Gasteiger partial charge < -0.3 is 19.9 Å². The molecule has 0 saturated heterocycles. The Hall–Kier alpha value is -3.94. The van der Waals surface area contributed by atoms with Gasteiger partial charge in [0.2, 0.25) is 0 Å². The van der Waals surface area contributed by atoms with Crippen LogP contribution in [0.3, 0.4) is 0 Å². The Kier molecular flexibility index (Phi) is 7.16. The Morgan fingerprint density at radius 2 is 1.68 bits per heavy atom. The number of ether oxygens (including phenoxy) is 1. The number of carbonyl (C=O) groups excluding carboxylic acids is 3. The van der Waals surface area contributed by atoms with Crippen LogP contribution < -0.4 is 10.6 Å². The summed E-state index contributed by atoms with van der Waals surface area (Å²) in [5.74, 6) is -0.941. The van der Waals surface area contributed by atoms with Crippen LogP contribution in [0.4, 0.5) is 5.82 Å². The van der Waals surface area contributed by atoms with Gasteiger partial charge in [0.1, 0.15) is 5.76 Å². The van der Waals surface area contributed by atoms with Crippen LogP contribution in [0.15, 0.2) is 71.3 Å². The van der Waals surface area contributed by atoms with Gasteiger partial charge in [-0.25, -0.2) is 4.79 Å². The van der Waals surface area contributed by atoms with Gasteiger partial charge in [-0.15, -0.1) is 0 Å². The van der Waals surface area contributed by atoms with Crippen molar-refractivity contribution in [3.63, 3.8) is 0 Å². The zero-order chi connectivity index (χ0) is 22.2. The van der Waals surface area contributed by atoms with Crippen LogP contribution in [0.2, 0.25) is 0 Å². The molecule has 0 fully saturated rings. The Morgan fingerprint density at radius 3 is 2.26 bits per heavy atom. The first kappa shape index (κ1) is 21.8. The first-order chi connectivity index (χ1) is 15.0. The van der Waals surface area contributed by atoms with Crippen molar-refractivity contribution in [2.24, 2.45) is 0 Å². The maximum atomic E-state index is 13.0. The fourth-order valence-electron chi connectivity index (χ4n) is 2.89. The summed E-state index contributed by atoms with van der Waals surface area (Å²) in [4.78, 5) is 38.2. The monoisotopic (exact) mass is 421 g/mol. The fraction of sp³-hybridized carbons (Fsp3) is 0.217. The van der Waals surface area contributed by atoms with Gasteiger partial charge in [0, 0.05) is 11.6 Å². The third kappa shape index (κ3) is 5.79. The van der Waals surface area contributed by atoms with E-state index < -0.39 is 29.9 Å². The molecule has 8 nitrogen and oxygen atoms in total. The van der Waals surface area contributed by atoms with Crippen molar-refractivity contribution >= 4 is 23.6 Å². The van der Waals surface area contributed by atoms with E-state index in [0.29, 0.717) is 16.9 Å². The molecule has 2 atom stereocenters. The average molecular weight is 421 g/mol. The molecule has 0 aliphatic rings. The maximum Gasteiger partial charge on any atom is 0.334 e. The van der Waals surface area contributed by atoms with Crippen molar-refractivity contribution in [1.29, 1.82) is 0 Å². The highest BCUT2D eigenvalue weighted by molar-refractivity contribution is 5.98. The lowest BCUT2D eigenvalue weighted by Crippen LogP contribution is -2.39. The van der Waals surface area contributed by atoms with E-state index in [2.05, 4.69) is 15.8 Å². The molecule has 8 heteroatoms. The van der Waals surface area contributed by atoms with Crippen molar-refractivity contribution in [1.82, 2.24) is 10.5 Å². The SMILES string of the molecule is CC[C@@H](OC(=O)[C@@H](NC(=O)c1ccccc1)c1ccccc1)C(=O)Nc1cc(C)on1. The van der Waals surface area contributed by atoms with Gasteiger partial charge in [-0.3, -0.25) is 9.59 Å². The van der Waals surface area contributed by atoms with Crippen LogP contribution in [0, 0.1) is 6.92 Å². The molecule has 0 saturated carbocycles. The van der Waals surface area contributed by atoms with Crippen LogP contribution in [0.1, 0.15) is 41.1 Å². The van der Waals surface area contributed by atoms with Crippen molar-refractivity contribution in [3.05, 3.63) is 83.6 Å². The molecular weight excluding hydrogens is 398 g/mol. The van der Waals surface area contributed by atoms with Gasteiger partial charge >= 0.3 is 5.97 Å². The Labute approximate surface area is 179 Å². The maximum absolute atomic E-state index is 13.0. The van der Waals surface area contributed by atoms with Crippen LogP contribution in [-0.2, 0) is 14.3 Å². The molecule has 1 aromatic heterocycles. The summed E-state index contributed by atoms with van der Waals surface area (Å²) in [6.45, 7) is 3.41. The van der Waals surface area contributed by atoms with E-state index in [-0.39, 0.29) is 12.2 Å². The van der Waals surface area contributed by atoms with E-state index in [1.54, 1.807) is 80.6 Å². The van der Waals surface area contributed by atoms with Gasteiger partial charge in [-0.1, -0.05) is 60.6 Å². The minimum absolute atomic E-state index is 0.231. The smallest absolute Gasteiger partial charge is 0.334 e. The summed E-state index contributed by atoms with van der Waals surface area (Å²) in [6.07, 6.45) is -0.827. The highest BCUT2D eigenvalue weighted by Gasteiger charge is 2.29. The molecule has 2 amide bonds. The molecule has 160 valence electrons. The molecule has 0 unspecified atom stereocenters. The number of nitrogens with zero attached hydrogens (tertiary/aromatic N) is 1. The predicted octanol–water partition coefficient (Wildman–Crippen LogP) is 3.41. The van der Waals surface area contributed by atoms with Crippen molar-refractivity contribution < 1.29 is 23.6 Å². The number of hydrogen-bond acceptors (Lipinski definition) is 6. The third-order valence-electron chi connectivity index (χ3n) is 4.48. The molecule has 3 rings (SSSR count). The zero-order valence-electron chi connectivity index (χ0n) is 17.2. The summed E-state index contributed by atoms with van der Waals surface area (Å²) in [6, 6.07) is 17.7. The topological polar surface area (TPSA) is 111 Å². The number of esters is 1. The summed E-state index contributed by atoms with van der Waals surface area (Å²) >= 11 is 0. The number of benzene rings is 2. The first-order valence-electron chi connectivity index (χ1n) is 9.83. The van der Waals surface area contributed by atoms with Crippen LogP contribution in [0.25, 0.3) is 0 Å². The summed E-state index contributed by atoms with van der Waals surface area (Å²) in [5, 5.41) is 8.96. The van der Waals surface area contributed by atoms with Gasteiger partial charge in [-0.2, -0.15) is 0 Å². The molecule has 1 heterocycles. The predicted molar refractivity (Wildman–Crippen MR) is 113 cm³/mol. The normalized spacial score (nSPS) is 12.5. The number of nitrogens with one attached hydrogen (secondary N) is 2. The molecule has 0 aliphatic heterocycles. The van der Waals surface area contributed by atoms with Gasteiger partial charge in [0.25, 0.3) is 11.8 Å². The average Bonchev–Trinajstić information content (AvgIpc) is 3.20. The first-order valence-corrected chi connectivity index (χ1v) is 9.83. The summed E-state index contributed by atoms with van der Waals surface area (Å²) in [7, 11) is 0. The number of aromatic nitrogens is 1. The molecular formula is C23H23N3O5. The number of carbonyl (C=O) groups is 3. The van der Waals surface area contributed by atoms with Crippen LogP contribution in [0.5, 0.6) is 0 Å². The standard InChI is InChI=1S/C23H23N3O5/c1-3-18(22(28)24-19-14-15(2)31-26-19)30-23(29)20(16-10-6-4-7-11-16)25-21(27)17-12-8-5-9-13-17/h4-14,18,20H,3H2,1-2H3,(H,25,27)(H,24,26,28)/t18-,20+/m1/s1. The quantitative estimate of drug-likeness (QED) is 0.539. The van der Waals surface area contributed by atoms with Gasteiger partial charge in [-0.05, 0) is 31.0 Å². The van der Waals surface area contributed by atoms with E-state index in [1.165, 1.54) is 0 Å². The second-order valence-electron chi connectivity index (χ2n) is 6.83. The Balaban J connectivity index is 1.75. The second kappa shape index (κ2) is 10.2. The van der Waals surface area contributed by atoms with Crippen LogP contribution >= 0.6 is 0 Å². The molecule has 2 aromatic carbocycles. The highest BCUT2D eigenvalue weighted by atomic mass is 16.5. The summed E-state index contributed by atoms with van der Waals surface area (Å²) in [5.41, 5.74) is 0.946. The Bertz CT molecular complexity index is 1030. The molecule has 2 N–H and O–H groups in total. The highest BCUT2D eigenvalue weighted by Crippen LogP contribution is 2.18. The number of aryl methyl sites for hydroxylation is 1. The zero-order valence-corrected chi connectivity index (χ0v) is 17.2. The lowest BCUT2D eigenvalue weighted by atomic mass is 10.1. The van der Waals surface area contributed by atoms with E-state index in [9.17, 15) is 14.4 Å². The van der Waals surface area contributed by atoms with E-state index >= 15 is 0 Å². The number of amides is 2. The molecule has 0 spiro atoms. The number of hydrogen-bond donors (Lipinski definition) is 2. The van der Waals surface area contributed by atoms with Gasteiger partial charge in [0.15, 0.2) is 18.0 Å². The largest absolute Gasteiger partial charge is 0.450 e. The number of rotatable bonds is 8. The Morgan fingerprint density at radius 1 is 1.03 bits per heavy atom. The van der Waals surface area contributed by atoms with Crippen molar-refractivity contribution in [2.75, 3.05) is 5.32 Å². The minimum atomic E-state index is -1.08. The second-order valence-corrected chi connectivity index (χ2v) is 6.83. The lowest BCUT2D eigenvalue weighted by molar-refractivity contribution is -0.156. The van der Waals surface area contributed by atoms with Crippen LogP contribution in [-0.4, -0.2) is 29.0 Å². The molecule has 31 heavy (non-hydrogen) atoms. The molecule has 3 aromatic rings. The van der Waals surface area contributed by atoms with Crippen molar-refractivity contribution in [2.45, 2.75) is 32.4 Å². The molecule has 0 aliphatic carbocycles. The van der Waals surface area contributed by atoms with E-state index in [1.807, 2.05) is 0 Å². The fourth-order valence-corrected chi connectivity index (χ4v) is 2.89. The minimum Gasteiger partial charge on any atom is -0.450 e. The number of anilines is 1.